The molecule has 2 aromatic rings. The molecule has 5 heteroatoms. The molecule has 2 rings (SSSR count). The van der Waals surface area contributed by atoms with Crippen LogP contribution in [0.3, 0.4) is 0 Å². The molecule has 0 fully saturated rings. The number of nitrogens with one attached hydrogen (secondary N) is 1. The van der Waals surface area contributed by atoms with Crippen molar-refractivity contribution in [1.82, 2.24) is 15.3 Å². The van der Waals surface area contributed by atoms with Crippen molar-refractivity contribution in [1.29, 1.82) is 0 Å². The SMILES string of the molecule is CNCc1cnc(-c2ccc(OC)c(OC)c2)nc1. The minimum atomic E-state index is 0.667. The molecule has 0 amide bonds. The van der Waals surface area contributed by atoms with Crippen LogP contribution < -0.4 is 14.8 Å². The average Bonchev–Trinajstić information content (AvgIpc) is 2.47. The van der Waals surface area contributed by atoms with Crippen LogP contribution >= 0.6 is 0 Å². The van der Waals surface area contributed by atoms with Gasteiger partial charge in [-0.1, -0.05) is 0 Å². The first kappa shape index (κ1) is 13.3. The van der Waals surface area contributed by atoms with Crippen LogP contribution in [0.1, 0.15) is 5.56 Å². The van der Waals surface area contributed by atoms with Crippen LogP contribution in [0, 0.1) is 0 Å². The fraction of sp³-hybridized carbons (Fsp3) is 0.286. The molecule has 0 radical (unpaired) electrons. The molecule has 1 aromatic carbocycles. The number of rotatable bonds is 5. The zero-order chi connectivity index (χ0) is 13.7. The lowest BCUT2D eigenvalue weighted by Crippen LogP contribution is -2.06. The first-order valence-corrected chi connectivity index (χ1v) is 5.96. The molecule has 0 aliphatic carbocycles. The fourth-order valence-corrected chi connectivity index (χ4v) is 1.77. The molecule has 0 saturated carbocycles. The summed E-state index contributed by atoms with van der Waals surface area (Å²) < 4.78 is 10.5. The first-order valence-electron chi connectivity index (χ1n) is 5.96. The Hall–Kier alpha value is -2.14. The Morgan fingerprint density at radius 2 is 1.74 bits per heavy atom. The summed E-state index contributed by atoms with van der Waals surface area (Å²) in [6, 6.07) is 5.62. The van der Waals surface area contributed by atoms with Crippen LogP contribution in [0.25, 0.3) is 11.4 Å². The van der Waals surface area contributed by atoms with Gasteiger partial charge in [-0.05, 0) is 25.2 Å². The minimum absolute atomic E-state index is 0.667. The number of benzene rings is 1. The minimum Gasteiger partial charge on any atom is -0.493 e. The Bertz CT molecular complexity index is 541. The van der Waals surface area contributed by atoms with Crippen LogP contribution in [0.5, 0.6) is 11.5 Å². The third kappa shape index (κ3) is 3.00. The van der Waals surface area contributed by atoms with Crippen molar-refractivity contribution in [2.24, 2.45) is 0 Å². The maximum Gasteiger partial charge on any atom is 0.161 e. The van der Waals surface area contributed by atoms with Gasteiger partial charge >= 0.3 is 0 Å². The zero-order valence-electron chi connectivity index (χ0n) is 11.3. The van der Waals surface area contributed by atoms with Crippen molar-refractivity contribution in [2.45, 2.75) is 6.54 Å². The number of aromatic nitrogens is 2. The van der Waals surface area contributed by atoms with Crippen molar-refractivity contribution in [3.63, 3.8) is 0 Å². The third-order valence-electron chi connectivity index (χ3n) is 2.73. The summed E-state index contributed by atoms with van der Waals surface area (Å²) in [6.45, 7) is 0.756. The highest BCUT2D eigenvalue weighted by molar-refractivity contribution is 5.60. The van der Waals surface area contributed by atoms with Gasteiger partial charge in [0.05, 0.1) is 14.2 Å². The van der Waals surface area contributed by atoms with E-state index >= 15 is 0 Å². The average molecular weight is 259 g/mol. The van der Waals surface area contributed by atoms with E-state index < -0.39 is 0 Å². The Labute approximate surface area is 112 Å². The summed E-state index contributed by atoms with van der Waals surface area (Å²) in [6.07, 6.45) is 3.63. The third-order valence-corrected chi connectivity index (χ3v) is 2.73. The molecule has 1 aromatic heterocycles. The van der Waals surface area contributed by atoms with Crippen molar-refractivity contribution >= 4 is 0 Å². The summed E-state index contributed by atoms with van der Waals surface area (Å²) in [4.78, 5) is 8.70. The van der Waals surface area contributed by atoms with E-state index in [9.17, 15) is 0 Å². The van der Waals surface area contributed by atoms with Gasteiger partial charge in [0, 0.05) is 30.1 Å². The van der Waals surface area contributed by atoms with Crippen molar-refractivity contribution in [2.75, 3.05) is 21.3 Å². The van der Waals surface area contributed by atoms with Gasteiger partial charge in [0.2, 0.25) is 0 Å². The van der Waals surface area contributed by atoms with Gasteiger partial charge in [-0.25, -0.2) is 9.97 Å². The predicted molar refractivity (Wildman–Crippen MR) is 73.3 cm³/mol. The smallest absolute Gasteiger partial charge is 0.161 e. The lowest BCUT2D eigenvalue weighted by molar-refractivity contribution is 0.355. The molecule has 5 nitrogen and oxygen atoms in total. The number of methoxy groups -OCH3 is 2. The van der Waals surface area contributed by atoms with E-state index in [-0.39, 0.29) is 0 Å². The highest BCUT2D eigenvalue weighted by atomic mass is 16.5. The topological polar surface area (TPSA) is 56.3 Å². The molecule has 1 heterocycles. The summed E-state index contributed by atoms with van der Waals surface area (Å²) in [5.74, 6) is 2.03. The summed E-state index contributed by atoms with van der Waals surface area (Å²) in [5, 5.41) is 3.06. The van der Waals surface area contributed by atoms with E-state index in [1.807, 2.05) is 37.6 Å². The van der Waals surface area contributed by atoms with Crippen LogP contribution in [0.4, 0.5) is 0 Å². The van der Waals surface area contributed by atoms with E-state index in [0.717, 1.165) is 17.7 Å². The predicted octanol–water partition coefficient (Wildman–Crippen LogP) is 1.88. The number of ether oxygens (including phenoxy) is 2. The molecule has 19 heavy (non-hydrogen) atoms. The summed E-state index contributed by atoms with van der Waals surface area (Å²) >= 11 is 0. The van der Waals surface area contributed by atoms with Crippen molar-refractivity contribution in [3.8, 4) is 22.9 Å². The van der Waals surface area contributed by atoms with Gasteiger partial charge in [0.15, 0.2) is 17.3 Å². The van der Waals surface area contributed by atoms with Crippen molar-refractivity contribution < 1.29 is 9.47 Å². The van der Waals surface area contributed by atoms with E-state index in [1.54, 1.807) is 14.2 Å². The van der Waals surface area contributed by atoms with Gasteiger partial charge in [-0.3, -0.25) is 0 Å². The number of hydrogen-bond donors (Lipinski definition) is 1. The van der Waals surface area contributed by atoms with Gasteiger partial charge in [0.25, 0.3) is 0 Å². The maximum atomic E-state index is 5.27. The fourth-order valence-electron chi connectivity index (χ4n) is 1.77. The van der Waals surface area contributed by atoms with Crippen molar-refractivity contribution in [3.05, 3.63) is 36.2 Å². The molecule has 0 spiro atoms. The molecule has 0 unspecified atom stereocenters. The Kier molecular flexibility index (Phi) is 4.30. The van der Waals surface area contributed by atoms with Crippen LogP contribution in [0.2, 0.25) is 0 Å². The zero-order valence-corrected chi connectivity index (χ0v) is 11.3. The second-order valence-corrected chi connectivity index (χ2v) is 4.02. The highest BCUT2D eigenvalue weighted by Gasteiger charge is 2.07. The summed E-state index contributed by atoms with van der Waals surface area (Å²) in [7, 11) is 5.11. The maximum absolute atomic E-state index is 5.27. The van der Waals surface area contributed by atoms with Crippen LogP contribution in [-0.4, -0.2) is 31.2 Å². The lowest BCUT2D eigenvalue weighted by atomic mass is 10.2. The Morgan fingerprint density at radius 3 is 2.32 bits per heavy atom. The number of nitrogens with zero attached hydrogens (tertiary/aromatic N) is 2. The lowest BCUT2D eigenvalue weighted by Gasteiger charge is -2.09. The molecule has 1 N–H and O–H groups in total. The normalized spacial score (nSPS) is 10.3. The van der Waals surface area contributed by atoms with Crippen LogP contribution in [-0.2, 0) is 6.54 Å². The molecule has 100 valence electrons. The van der Waals surface area contributed by atoms with Gasteiger partial charge in [-0.2, -0.15) is 0 Å². The van der Waals surface area contributed by atoms with Gasteiger partial charge in [-0.15, -0.1) is 0 Å². The molecular formula is C14H17N3O2. The Morgan fingerprint density at radius 1 is 1.05 bits per heavy atom. The second kappa shape index (κ2) is 6.15. The Balaban J connectivity index is 2.30. The standard InChI is InChI=1S/C14H17N3O2/c1-15-7-10-8-16-14(17-9-10)11-4-5-12(18-2)13(6-11)19-3/h4-6,8-9,15H,7H2,1-3H3. The number of hydrogen-bond acceptors (Lipinski definition) is 5. The molecular weight excluding hydrogens is 242 g/mol. The molecule has 0 bridgehead atoms. The molecule has 0 aliphatic rings. The highest BCUT2D eigenvalue weighted by Crippen LogP contribution is 2.30. The molecule has 0 atom stereocenters. The molecule has 0 saturated heterocycles. The summed E-state index contributed by atoms with van der Waals surface area (Å²) in [5.41, 5.74) is 1.94. The second-order valence-electron chi connectivity index (χ2n) is 4.02. The van der Waals surface area contributed by atoms with Gasteiger partial charge < -0.3 is 14.8 Å². The van der Waals surface area contributed by atoms with Gasteiger partial charge in [0.1, 0.15) is 0 Å². The molecule has 0 aliphatic heterocycles. The first-order chi connectivity index (χ1) is 9.28. The van der Waals surface area contributed by atoms with E-state index in [1.165, 1.54) is 0 Å². The van der Waals surface area contributed by atoms with E-state index in [0.29, 0.717) is 17.3 Å². The quantitative estimate of drug-likeness (QED) is 0.888. The van der Waals surface area contributed by atoms with Crippen LogP contribution in [0.15, 0.2) is 30.6 Å². The monoisotopic (exact) mass is 259 g/mol. The van der Waals surface area contributed by atoms with E-state index in [2.05, 4.69) is 15.3 Å². The van der Waals surface area contributed by atoms with E-state index in [4.69, 9.17) is 9.47 Å². The largest absolute Gasteiger partial charge is 0.493 e.